The predicted octanol–water partition coefficient (Wildman–Crippen LogP) is 2.55. The van der Waals surface area contributed by atoms with Crippen LogP contribution in [0.3, 0.4) is 0 Å². The molecule has 0 bridgehead atoms. The first-order chi connectivity index (χ1) is 8.94. The van der Waals surface area contributed by atoms with Gasteiger partial charge in [0.05, 0.1) is 4.90 Å². The summed E-state index contributed by atoms with van der Waals surface area (Å²) < 4.78 is 27.7. The van der Waals surface area contributed by atoms with Gasteiger partial charge in [-0.15, -0.1) is 12.4 Å². The third-order valence-electron chi connectivity index (χ3n) is 3.70. The molecule has 0 aromatic heterocycles. The maximum atomic E-state index is 12.7. The van der Waals surface area contributed by atoms with Crippen LogP contribution in [-0.4, -0.2) is 38.9 Å². The summed E-state index contributed by atoms with van der Waals surface area (Å²) in [6, 6.07) is 5.39. The van der Waals surface area contributed by atoms with Crippen LogP contribution in [-0.2, 0) is 10.0 Å². The second kappa shape index (κ2) is 7.22. The van der Waals surface area contributed by atoms with Crippen LogP contribution in [0.4, 0.5) is 0 Å². The van der Waals surface area contributed by atoms with Crippen LogP contribution < -0.4 is 5.32 Å². The first-order valence-electron chi connectivity index (χ1n) is 6.38. The van der Waals surface area contributed by atoms with Gasteiger partial charge in [0, 0.05) is 17.6 Å². The maximum absolute atomic E-state index is 12.7. The van der Waals surface area contributed by atoms with Gasteiger partial charge in [-0.1, -0.05) is 22.0 Å². The number of rotatable bonds is 3. The maximum Gasteiger partial charge on any atom is 0.243 e. The number of nitrogens with zero attached hydrogens (tertiary/aromatic N) is 1. The highest BCUT2D eigenvalue weighted by atomic mass is 79.9. The number of piperidine rings is 1. The van der Waals surface area contributed by atoms with Gasteiger partial charge in [-0.2, -0.15) is 4.31 Å². The molecule has 1 heterocycles. The van der Waals surface area contributed by atoms with Crippen LogP contribution >= 0.6 is 28.3 Å². The minimum absolute atomic E-state index is 0. The van der Waals surface area contributed by atoms with Crippen molar-refractivity contribution in [2.75, 3.05) is 20.1 Å². The fourth-order valence-electron chi connectivity index (χ4n) is 2.39. The van der Waals surface area contributed by atoms with Crippen molar-refractivity contribution in [3.8, 4) is 0 Å². The lowest BCUT2D eigenvalue weighted by molar-refractivity contribution is 0.296. The third kappa shape index (κ3) is 3.54. The molecule has 0 amide bonds. The Hall–Kier alpha value is -0.140. The molecule has 7 heteroatoms. The zero-order valence-corrected chi connectivity index (χ0v) is 14.8. The van der Waals surface area contributed by atoms with Crippen molar-refractivity contribution >= 4 is 38.4 Å². The van der Waals surface area contributed by atoms with E-state index in [1.165, 1.54) is 4.31 Å². The van der Waals surface area contributed by atoms with Crippen molar-refractivity contribution in [2.24, 2.45) is 0 Å². The fourth-order valence-corrected chi connectivity index (χ4v) is 4.55. The number of nitrogens with one attached hydrogen (secondary N) is 1. The Balaban J connectivity index is 0.00000200. The number of hydrogen-bond acceptors (Lipinski definition) is 3. The molecule has 1 aromatic carbocycles. The van der Waals surface area contributed by atoms with E-state index in [0.29, 0.717) is 4.90 Å². The first-order valence-corrected chi connectivity index (χ1v) is 8.62. The van der Waals surface area contributed by atoms with E-state index in [-0.39, 0.29) is 18.4 Å². The largest absolute Gasteiger partial charge is 0.317 e. The lowest BCUT2D eigenvalue weighted by Crippen LogP contribution is -2.44. The summed E-state index contributed by atoms with van der Waals surface area (Å²) in [5.41, 5.74) is 0.767. The van der Waals surface area contributed by atoms with Crippen LogP contribution in [0.15, 0.2) is 27.6 Å². The summed E-state index contributed by atoms with van der Waals surface area (Å²) in [6.07, 6.45) is 1.73. The Kier molecular flexibility index (Phi) is 6.47. The van der Waals surface area contributed by atoms with Gasteiger partial charge in [0.15, 0.2) is 0 Å². The quantitative estimate of drug-likeness (QED) is 0.872. The zero-order chi connectivity index (χ0) is 14.0. The van der Waals surface area contributed by atoms with E-state index in [9.17, 15) is 8.42 Å². The number of sulfonamides is 1. The molecule has 0 saturated carbocycles. The summed E-state index contributed by atoms with van der Waals surface area (Å²) in [4.78, 5) is 0.392. The topological polar surface area (TPSA) is 49.4 Å². The molecule has 1 aromatic rings. The Bertz CT molecular complexity index is 559. The molecule has 1 fully saturated rings. The molecule has 0 unspecified atom stereocenters. The third-order valence-corrected chi connectivity index (χ3v) is 6.61. The minimum atomic E-state index is -3.42. The van der Waals surface area contributed by atoms with E-state index in [1.807, 2.05) is 13.0 Å². The van der Waals surface area contributed by atoms with E-state index in [0.717, 1.165) is 36.0 Å². The average molecular weight is 384 g/mol. The van der Waals surface area contributed by atoms with Crippen molar-refractivity contribution in [1.29, 1.82) is 0 Å². The molecule has 0 atom stereocenters. The Labute approximate surface area is 135 Å². The Morgan fingerprint density at radius 1 is 1.30 bits per heavy atom. The van der Waals surface area contributed by atoms with E-state index >= 15 is 0 Å². The lowest BCUT2D eigenvalue weighted by Gasteiger charge is -2.31. The monoisotopic (exact) mass is 382 g/mol. The second-order valence-corrected chi connectivity index (χ2v) is 7.69. The standard InChI is InChI=1S/C13H19BrN2O2S.ClH/c1-10-12(14)4-3-5-13(10)19(17,18)16(2)11-6-8-15-9-7-11;/h3-5,11,15H,6-9H2,1-2H3;1H. The zero-order valence-electron chi connectivity index (χ0n) is 11.6. The SMILES string of the molecule is Cc1c(Br)cccc1S(=O)(=O)N(C)C1CCNCC1.Cl. The number of benzene rings is 1. The molecule has 0 aliphatic carbocycles. The second-order valence-electron chi connectivity index (χ2n) is 4.87. The number of halogens is 2. The highest BCUT2D eigenvalue weighted by Gasteiger charge is 2.30. The normalized spacial score (nSPS) is 17.0. The molecular formula is C13H20BrClN2O2S. The van der Waals surface area contributed by atoms with Crippen molar-refractivity contribution in [1.82, 2.24) is 9.62 Å². The summed E-state index contributed by atoms with van der Waals surface area (Å²) in [5, 5.41) is 3.25. The molecule has 1 saturated heterocycles. The molecule has 4 nitrogen and oxygen atoms in total. The van der Waals surface area contributed by atoms with Gasteiger partial charge in [0.1, 0.15) is 0 Å². The molecular weight excluding hydrogens is 364 g/mol. The van der Waals surface area contributed by atoms with Gasteiger partial charge >= 0.3 is 0 Å². The van der Waals surface area contributed by atoms with E-state index in [1.54, 1.807) is 19.2 Å². The van der Waals surface area contributed by atoms with Crippen LogP contribution in [0.25, 0.3) is 0 Å². The van der Waals surface area contributed by atoms with Crippen molar-refractivity contribution in [3.63, 3.8) is 0 Å². The first kappa shape index (κ1) is 17.9. The molecule has 114 valence electrons. The summed E-state index contributed by atoms with van der Waals surface area (Å²) >= 11 is 3.39. The Morgan fingerprint density at radius 3 is 2.50 bits per heavy atom. The van der Waals surface area contributed by atoms with Crippen LogP contribution in [0.1, 0.15) is 18.4 Å². The van der Waals surface area contributed by atoms with Gasteiger partial charge in [0.2, 0.25) is 10.0 Å². The van der Waals surface area contributed by atoms with E-state index in [4.69, 9.17) is 0 Å². The van der Waals surface area contributed by atoms with Gasteiger partial charge in [-0.25, -0.2) is 8.42 Å². The molecule has 0 radical (unpaired) electrons. The Morgan fingerprint density at radius 2 is 1.90 bits per heavy atom. The highest BCUT2D eigenvalue weighted by Crippen LogP contribution is 2.27. The fraction of sp³-hybridized carbons (Fsp3) is 0.538. The lowest BCUT2D eigenvalue weighted by atomic mass is 10.1. The van der Waals surface area contributed by atoms with Crippen molar-refractivity contribution in [2.45, 2.75) is 30.7 Å². The summed E-state index contributed by atoms with van der Waals surface area (Å²) in [5.74, 6) is 0. The molecule has 1 aliphatic heterocycles. The minimum Gasteiger partial charge on any atom is -0.317 e. The van der Waals surface area contributed by atoms with Gasteiger partial charge in [-0.05, 0) is 50.6 Å². The van der Waals surface area contributed by atoms with Crippen LogP contribution in [0, 0.1) is 6.92 Å². The van der Waals surface area contributed by atoms with Gasteiger partial charge < -0.3 is 5.32 Å². The van der Waals surface area contributed by atoms with Crippen molar-refractivity contribution in [3.05, 3.63) is 28.2 Å². The highest BCUT2D eigenvalue weighted by molar-refractivity contribution is 9.10. The molecule has 1 aliphatic rings. The van der Waals surface area contributed by atoms with E-state index < -0.39 is 10.0 Å². The molecule has 20 heavy (non-hydrogen) atoms. The van der Waals surface area contributed by atoms with Crippen LogP contribution in [0.5, 0.6) is 0 Å². The molecule has 1 N–H and O–H groups in total. The predicted molar refractivity (Wildman–Crippen MR) is 87.0 cm³/mol. The van der Waals surface area contributed by atoms with Gasteiger partial charge in [-0.3, -0.25) is 0 Å². The number of hydrogen-bond donors (Lipinski definition) is 1. The van der Waals surface area contributed by atoms with E-state index in [2.05, 4.69) is 21.2 Å². The average Bonchev–Trinajstić information content (AvgIpc) is 2.41. The molecule has 2 rings (SSSR count). The van der Waals surface area contributed by atoms with Crippen LogP contribution in [0.2, 0.25) is 0 Å². The summed E-state index contributed by atoms with van der Waals surface area (Å²) in [7, 11) is -1.73. The van der Waals surface area contributed by atoms with Gasteiger partial charge in [0.25, 0.3) is 0 Å². The molecule has 0 spiro atoms. The smallest absolute Gasteiger partial charge is 0.243 e. The summed E-state index contributed by atoms with van der Waals surface area (Å²) in [6.45, 7) is 3.58. The van der Waals surface area contributed by atoms with Crippen molar-refractivity contribution < 1.29 is 8.42 Å².